The summed E-state index contributed by atoms with van der Waals surface area (Å²) in [6, 6.07) is 37.4. The average molecular weight is 461 g/mol. The van der Waals surface area contributed by atoms with E-state index in [1.807, 2.05) is 12.3 Å². The summed E-state index contributed by atoms with van der Waals surface area (Å²) in [5, 5.41) is 3.99. The molecule has 36 heavy (non-hydrogen) atoms. The number of aromatic nitrogens is 2. The number of hydrogen-bond acceptors (Lipinski definition) is 1. The van der Waals surface area contributed by atoms with Crippen molar-refractivity contribution in [2.45, 2.75) is 18.8 Å². The van der Waals surface area contributed by atoms with Gasteiger partial charge in [-0.05, 0) is 56.8 Å². The van der Waals surface area contributed by atoms with Crippen molar-refractivity contribution in [1.82, 2.24) is 9.55 Å². The number of pyridine rings is 1. The van der Waals surface area contributed by atoms with Crippen molar-refractivity contribution < 1.29 is 0 Å². The number of rotatable bonds is 2. The Kier molecular flexibility index (Phi) is 4.01. The van der Waals surface area contributed by atoms with Crippen LogP contribution in [0.15, 0.2) is 115 Å². The Morgan fingerprint density at radius 1 is 0.667 bits per heavy atom. The first-order valence-corrected chi connectivity index (χ1v) is 12.7. The third-order valence-electron chi connectivity index (χ3n) is 8.17. The van der Waals surface area contributed by atoms with Crippen molar-refractivity contribution in [3.63, 3.8) is 0 Å². The lowest BCUT2D eigenvalue weighted by atomic mass is 9.75. The molecule has 4 aromatic carbocycles. The quantitative estimate of drug-likeness (QED) is 0.253. The summed E-state index contributed by atoms with van der Waals surface area (Å²) in [6.07, 6.45) is 4.44. The molecule has 170 valence electrons. The Morgan fingerprint density at radius 2 is 1.44 bits per heavy atom. The summed E-state index contributed by atoms with van der Waals surface area (Å²) in [4.78, 5) is 4.85. The van der Waals surface area contributed by atoms with Gasteiger partial charge in [-0.15, -0.1) is 0 Å². The Hall–Kier alpha value is -4.43. The maximum absolute atomic E-state index is 4.85. The van der Waals surface area contributed by atoms with Crippen LogP contribution in [-0.2, 0) is 0 Å². The van der Waals surface area contributed by atoms with Gasteiger partial charge < -0.3 is 0 Å². The number of allylic oxidation sites excluding steroid dienone is 1. The van der Waals surface area contributed by atoms with Crippen LogP contribution in [-0.4, -0.2) is 9.55 Å². The highest BCUT2D eigenvalue weighted by Gasteiger charge is 2.37. The molecule has 0 radical (unpaired) electrons. The Bertz CT molecular complexity index is 1840. The van der Waals surface area contributed by atoms with Gasteiger partial charge in [0.25, 0.3) is 0 Å². The molecule has 2 unspecified atom stereocenters. The van der Waals surface area contributed by atoms with Gasteiger partial charge in [0.1, 0.15) is 5.82 Å². The van der Waals surface area contributed by atoms with Gasteiger partial charge in [-0.25, -0.2) is 4.98 Å². The molecule has 2 aliphatic carbocycles. The minimum Gasteiger partial charge on any atom is -0.297 e. The van der Waals surface area contributed by atoms with Gasteiger partial charge in [0.05, 0.1) is 5.52 Å². The van der Waals surface area contributed by atoms with Crippen molar-refractivity contribution in [3.8, 4) is 16.9 Å². The van der Waals surface area contributed by atoms with Crippen molar-refractivity contribution in [2.24, 2.45) is 0 Å². The second kappa shape index (κ2) is 7.29. The fourth-order valence-corrected chi connectivity index (χ4v) is 6.65. The van der Waals surface area contributed by atoms with E-state index in [1.165, 1.54) is 60.8 Å². The van der Waals surface area contributed by atoms with Crippen LogP contribution in [0.1, 0.15) is 41.1 Å². The molecule has 0 amide bonds. The third-order valence-corrected chi connectivity index (χ3v) is 8.17. The first-order chi connectivity index (χ1) is 17.8. The summed E-state index contributed by atoms with van der Waals surface area (Å²) in [7, 11) is 0. The molecule has 2 nitrogen and oxygen atoms in total. The third kappa shape index (κ3) is 2.54. The predicted molar refractivity (Wildman–Crippen MR) is 149 cm³/mol. The minimum absolute atomic E-state index is 0.269. The largest absolute Gasteiger partial charge is 0.297 e. The molecule has 8 rings (SSSR count). The van der Waals surface area contributed by atoms with E-state index < -0.39 is 0 Å². The van der Waals surface area contributed by atoms with Gasteiger partial charge in [0.15, 0.2) is 0 Å². The summed E-state index contributed by atoms with van der Waals surface area (Å²) in [5.74, 6) is 1.53. The Morgan fingerprint density at radius 3 is 2.28 bits per heavy atom. The smallest absolute Gasteiger partial charge is 0.137 e. The lowest BCUT2D eigenvalue weighted by Gasteiger charge is -2.31. The van der Waals surface area contributed by atoms with E-state index in [9.17, 15) is 0 Å². The molecule has 0 spiro atoms. The lowest BCUT2D eigenvalue weighted by Crippen LogP contribution is -2.17. The van der Waals surface area contributed by atoms with Crippen LogP contribution >= 0.6 is 0 Å². The second-order valence-corrected chi connectivity index (χ2v) is 10.00. The van der Waals surface area contributed by atoms with Gasteiger partial charge in [0, 0.05) is 34.7 Å². The minimum atomic E-state index is 0.269. The van der Waals surface area contributed by atoms with Crippen LogP contribution in [0.25, 0.3) is 44.2 Å². The second-order valence-electron chi connectivity index (χ2n) is 10.00. The number of benzene rings is 4. The van der Waals surface area contributed by atoms with E-state index in [-0.39, 0.29) is 11.8 Å². The van der Waals surface area contributed by atoms with E-state index in [4.69, 9.17) is 4.98 Å². The topological polar surface area (TPSA) is 17.8 Å². The van der Waals surface area contributed by atoms with Gasteiger partial charge in [-0.2, -0.15) is 0 Å². The molecule has 2 aromatic heterocycles. The highest BCUT2D eigenvalue weighted by Crippen LogP contribution is 2.54. The molecule has 0 saturated carbocycles. The SMILES string of the molecule is CC1c2c3c4c5c(cccc5ccc4n2-c2ccccn2)-c2ccccc2C3=CC1c1ccccc1. The Labute approximate surface area is 210 Å². The molecule has 2 heterocycles. The van der Waals surface area contributed by atoms with Crippen LogP contribution in [0.5, 0.6) is 0 Å². The summed E-state index contributed by atoms with van der Waals surface area (Å²) in [6.45, 7) is 2.38. The lowest BCUT2D eigenvalue weighted by molar-refractivity contribution is 0.634. The van der Waals surface area contributed by atoms with Crippen LogP contribution < -0.4 is 0 Å². The molecule has 0 N–H and O–H groups in total. The molecular weight excluding hydrogens is 436 g/mol. The summed E-state index contributed by atoms with van der Waals surface area (Å²) in [5.41, 5.74) is 10.6. The van der Waals surface area contributed by atoms with E-state index in [1.54, 1.807) is 0 Å². The fraction of sp³-hybridized carbons (Fsp3) is 0.0882. The van der Waals surface area contributed by atoms with Crippen LogP contribution in [0, 0.1) is 0 Å². The van der Waals surface area contributed by atoms with E-state index in [0.29, 0.717) is 0 Å². The Balaban J connectivity index is 1.61. The molecule has 0 saturated heterocycles. The van der Waals surface area contributed by atoms with E-state index in [0.717, 1.165) is 5.82 Å². The zero-order valence-corrected chi connectivity index (χ0v) is 20.0. The monoisotopic (exact) mass is 460 g/mol. The molecule has 2 aliphatic rings. The van der Waals surface area contributed by atoms with Crippen molar-refractivity contribution in [2.75, 3.05) is 0 Å². The van der Waals surface area contributed by atoms with Crippen molar-refractivity contribution >= 4 is 27.2 Å². The fourth-order valence-electron chi connectivity index (χ4n) is 6.65. The standard InChI is InChI=1S/C34H24N2/c1-21-27(22-10-3-2-4-11-22)20-28-25-14-6-5-13-24(25)26-15-9-12-23-17-18-29-33(31(23)26)32(28)34(21)36(29)30-16-7-8-19-35-30/h2-21,27H,1H3. The van der Waals surface area contributed by atoms with Crippen LogP contribution in [0.4, 0.5) is 0 Å². The number of hydrogen-bond donors (Lipinski definition) is 0. The molecule has 0 aliphatic heterocycles. The van der Waals surface area contributed by atoms with Crippen LogP contribution in [0.2, 0.25) is 0 Å². The highest BCUT2D eigenvalue weighted by molar-refractivity contribution is 6.22. The van der Waals surface area contributed by atoms with Gasteiger partial charge in [0.2, 0.25) is 0 Å². The first kappa shape index (κ1) is 19.8. The average Bonchev–Trinajstić information content (AvgIpc) is 3.24. The van der Waals surface area contributed by atoms with Crippen LogP contribution in [0.3, 0.4) is 0 Å². The first-order valence-electron chi connectivity index (χ1n) is 12.7. The highest BCUT2D eigenvalue weighted by atomic mass is 15.1. The van der Waals surface area contributed by atoms with Crippen molar-refractivity contribution in [3.05, 3.63) is 138 Å². The molecule has 0 bridgehead atoms. The maximum atomic E-state index is 4.85. The normalized spacial score (nSPS) is 17.8. The number of fused-ring (bicyclic) bond motifs is 3. The van der Waals surface area contributed by atoms with E-state index in [2.05, 4.69) is 115 Å². The van der Waals surface area contributed by atoms with Gasteiger partial charge >= 0.3 is 0 Å². The zero-order chi connectivity index (χ0) is 23.8. The summed E-state index contributed by atoms with van der Waals surface area (Å²) < 4.78 is 2.43. The number of nitrogens with zero attached hydrogens (tertiary/aromatic N) is 2. The maximum Gasteiger partial charge on any atom is 0.137 e. The molecule has 0 fully saturated rings. The van der Waals surface area contributed by atoms with E-state index >= 15 is 0 Å². The predicted octanol–water partition coefficient (Wildman–Crippen LogP) is 8.49. The van der Waals surface area contributed by atoms with Crippen molar-refractivity contribution in [1.29, 1.82) is 0 Å². The molecule has 2 atom stereocenters. The zero-order valence-electron chi connectivity index (χ0n) is 20.0. The summed E-state index contributed by atoms with van der Waals surface area (Å²) >= 11 is 0. The van der Waals surface area contributed by atoms with Gasteiger partial charge in [-0.1, -0.05) is 97.9 Å². The molecular formula is C34H24N2. The molecule has 2 heteroatoms. The van der Waals surface area contributed by atoms with Gasteiger partial charge in [-0.3, -0.25) is 4.57 Å². The molecule has 6 aromatic rings.